The molecule has 1 atom stereocenters. The lowest BCUT2D eigenvalue weighted by molar-refractivity contribution is -0.120. The van der Waals surface area contributed by atoms with Crippen LogP contribution in [0.3, 0.4) is 0 Å². The molecular weight excluding hydrogens is 396 g/mol. The van der Waals surface area contributed by atoms with E-state index in [0.29, 0.717) is 13.0 Å². The predicted molar refractivity (Wildman–Crippen MR) is 126 cm³/mol. The van der Waals surface area contributed by atoms with Gasteiger partial charge in [0.05, 0.1) is 7.11 Å². The highest BCUT2D eigenvalue weighted by molar-refractivity contribution is 5.97. The van der Waals surface area contributed by atoms with Gasteiger partial charge in [0.15, 0.2) is 0 Å². The van der Waals surface area contributed by atoms with Crippen LogP contribution in [0.5, 0.6) is 5.75 Å². The molecule has 4 nitrogen and oxygen atoms in total. The van der Waals surface area contributed by atoms with Crippen LogP contribution in [0.1, 0.15) is 28.3 Å². The number of carbonyl (C=O) groups is 1. The number of ether oxygens (including phenoxy) is 1. The Balaban J connectivity index is 0.00000320. The summed E-state index contributed by atoms with van der Waals surface area (Å²) in [5.74, 6) is 0.710. The van der Waals surface area contributed by atoms with Crippen molar-refractivity contribution in [1.82, 2.24) is 0 Å². The van der Waals surface area contributed by atoms with Crippen LogP contribution in [0.2, 0.25) is 0 Å². The summed E-state index contributed by atoms with van der Waals surface area (Å²) in [6.07, 6.45) is 0.671. The minimum absolute atomic E-state index is 0. The number of benzene rings is 3. The second-order valence-electron chi connectivity index (χ2n) is 7.21. The number of nitrogens with two attached hydrogens (primary N) is 1. The van der Waals surface area contributed by atoms with Gasteiger partial charge in [-0.2, -0.15) is 0 Å². The Morgan fingerprint density at radius 1 is 0.967 bits per heavy atom. The fraction of sp³-hybridized carbons (Fsp3) is 0.240. The van der Waals surface area contributed by atoms with Crippen molar-refractivity contribution in [3.05, 3.63) is 95.1 Å². The van der Waals surface area contributed by atoms with Gasteiger partial charge in [0.2, 0.25) is 5.91 Å². The maximum Gasteiger partial charge on any atom is 0.248 e. The van der Waals surface area contributed by atoms with Crippen LogP contribution in [-0.2, 0) is 11.2 Å². The van der Waals surface area contributed by atoms with Gasteiger partial charge in [0, 0.05) is 12.2 Å². The van der Waals surface area contributed by atoms with E-state index in [1.165, 1.54) is 5.56 Å². The Kier molecular flexibility index (Phi) is 8.46. The minimum atomic E-state index is -0.713. The zero-order valence-corrected chi connectivity index (χ0v) is 18.5. The molecule has 0 aliphatic heterocycles. The summed E-state index contributed by atoms with van der Waals surface area (Å²) in [7, 11) is 1.66. The van der Waals surface area contributed by atoms with Crippen LogP contribution in [-0.4, -0.2) is 19.6 Å². The summed E-state index contributed by atoms with van der Waals surface area (Å²) < 4.78 is 5.47. The van der Waals surface area contributed by atoms with E-state index in [0.717, 1.165) is 28.1 Å². The quantitative estimate of drug-likeness (QED) is 0.580. The van der Waals surface area contributed by atoms with Gasteiger partial charge in [0.25, 0.3) is 0 Å². The number of nitrogens with zero attached hydrogens (tertiary/aromatic N) is 1. The molecule has 3 aromatic rings. The number of hydrogen-bond acceptors (Lipinski definition) is 3. The molecule has 0 aliphatic carbocycles. The maximum absolute atomic E-state index is 13.4. The normalized spacial score (nSPS) is 11.3. The number of amides is 1. The summed E-state index contributed by atoms with van der Waals surface area (Å²) in [4.78, 5) is 15.2. The maximum atomic E-state index is 13.4. The lowest BCUT2D eigenvalue weighted by Crippen LogP contribution is -2.40. The van der Waals surface area contributed by atoms with Crippen LogP contribution < -0.4 is 15.4 Å². The summed E-state index contributed by atoms with van der Waals surface area (Å²) in [5, 5.41) is 0. The molecule has 0 heterocycles. The topological polar surface area (TPSA) is 55.6 Å². The van der Waals surface area contributed by atoms with Crippen molar-refractivity contribution in [2.45, 2.75) is 26.3 Å². The smallest absolute Gasteiger partial charge is 0.248 e. The Morgan fingerprint density at radius 3 is 2.30 bits per heavy atom. The molecule has 0 saturated carbocycles. The SMILES string of the molecule is COc1ccccc1CCN(C(=O)[C@@H](N)c1ccccc1)c1ccc(C)c(C)c1.Cl. The number of carbonyl (C=O) groups excluding carboxylic acids is 1. The Morgan fingerprint density at radius 2 is 1.63 bits per heavy atom. The molecule has 158 valence electrons. The molecule has 0 radical (unpaired) electrons. The van der Waals surface area contributed by atoms with Crippen molar-refractivity contribution in [1.29, 1.82) is 0 Å². The molecule has 0 spiro atoms. The fourth-order valence-electron chi connectivity index (χ4n) is 3.37. The van der Waals surface area contributed by atoms with Crippen LogP contribution in [0, 0.1) is 13.8 Å². The summed E-state index contributed by atoms with van der Waals surface area (Å²) >= 11 is 0. The molecule has 0 aromatic heterocycles. The molecule has 0 unspecified atom stereocenters. The number of rotatable bonds is 7. The molecule has 5 heteroatoms. The highest BCUT2D eigenvalue weighted by Crippen LogP contribution is 2.25. The van der Waals surface area contributed by atoms with Gasteiger partial charge in [-0.15, -0.1) is 12.4 Å². The summed E-state index contributed by atoms with van der Waals surface area (Å²) in [6.45, 7) is 4.64. The van der Waals surface area contributed by atoms with E-state index in [4.69, 9.17) is 10.5 Å². The largest absolute Gasteiger partial charge is 0.496 e. The zero-order valence-electron chi connectivity index (χ0n) is 17.7. The number of hydrogen-bond donors (Lipinski definition) is 1. The highest BCUT2D eigenvalue weighted by Gasteiger charge is 2.24. The molecule has 2 N–H and O–H groups in total. The molecular formula is C25H29ClN2O2. The van der Waals surface area contributed by atoms with E-state index in [1.54, 1.807) is 12.0 Å². The zero-order chi connectivity index (χ0) is 20.8. The number of anilines is 1. The second kappa shape index (κ2) is 10.8. The average molecular weight is 425 g/mol. The van der Waals surface area contributed by atoms with Crippen LogP contribution in [0.4, 0.5) is 5.69 Å². The van der Waals surface area contributed by atoms with Gasteiger partial charge in [-0.1, -0.05) is 54.6 Å². The van der Waals surface area contributed by atoms with Gasteiger partial charge in [-0.3, -0.25) is 4.79 Å². The Bertz CT molecular complexity index is 976. The van der Waals surface area contributed by atoms with Crippen LogP contribution in [0.25, 0.3) is 0 Å². The van der Waals surface area contributed by atoms with E-state index >= 15 is 0 Å². The number of aryl methyl sites for hydroxylation is 2. The molecule has 0 fully saturated rings. The van der Waals surface area contributed by atoms with Crippen molar-refractivity contribution in [3.8, 4) is 5.75 Å². The van der Waals surface area contributed by atoms with Gasteiger partial charge in [-0.05, 0) is 60.7 Å². The van der Waals surface area contributed by atoms with Gasteiger partial charge >= 0.3 is 0 Å². The van der Waals surface area contributed by atoms with Crippen molar-refractivity contribution in [3.63, 3.8) is 0 Å². The first-order valence-electron chi connectivity index (χ1n) is 9.82. The van der Waals surface area contributed by atoms with E-state index in [1.807, 2.05) is 72.8 Å². The number of halogens is 1. The second-order valence-corrected chi connectivity index (χ2v) is 7.21. The standard InChI is InChI=1S/C25H28N2O2.ClH/c1-18-13-14-22(17-19(18)2)27(16-15-20-9-7-8-12-23(20)29-3)25(28)24(26)21-10-5-4-6-11-21;/h4-14,17,24H,15-16,26H2,1-3H3;1H/t24-;/m0./s1. The molecule has 3 aromatic carbocycles. The lowest BCUT2D eigenvalue weighted by atomic mass is 10.0. The molecule has 30 heavy (non-hydrogen) atoms. The summed E-state index contributed by atoms with van der Waals surface area (Å²) in [5.41, 5.74) is 11.4. The van der Waals surface area contributed by atoms with Crippen molar-refractivity contribution in [2.75, 3.05) is 18.6 Å². The van der Waals surface area contributed by atoms with E-state index in [9.17, 15) is 4.79 Å². The van der Waals surface area contributed by atoms with E-state index in [2.05, 4.69) is 13.8 Å². The number of methoxy groups -OCH3 is 1. The predicted octanol–water partition coefficient (Wildman–Crippen LogP) is 5.01. The fourth-order valence-corrected chi connectivity index (χ4v) is 3.37. The van der Waals surface area contributed by atoms with Crippen molar-refractivity contribution >= 4 is 24.0 Å². The van der Waals surface area contributed by atoms with Crippen molar-refractivity contribution < 1.29 is 9.53 Å². The molecule has 1 amide bonds. The Hall–Kier alpha value is -2.82. The van der Waals surface area contributed by atoms with Gasteiger partial charge in [-0.25, -0.2) is 0 Å². The Labute approximate surface area is 185 Å². The van der Waals surface area contributed by atoms with E-state index < -0.39 is 6.04 Å². The molecule has 0 bridgehead atoms. The van der Waals surface area contributed by atoms with Gasteiger partial charge < -0.3 is 15.4 Å². The third kappa shape index (κ3) is 5.41. The van der Waals surface area contributed by atoms with Gasteiger partial charge in [0.1, 0.15) is 11.8 Å². The average Bonchev–Trinajstić information content (AvgIpc) is 2.76. The molecule has 0 saturated heterocycles. The van der Waals surface area contributed by atoms with Crippen molar-refractivity contribution in [2.24, 2.45) is 5.73 Å². The third-order valence-electron chi connectivity index (χ3n) is 5.29. The first-order valence-corrected chi connectivity index (χ1v) is 9.82. The summed E-state index contributed by atoms with van der Waals surface area (Å²) in [6, 6.07) is 22.8. The highest BCUT2D eigenvalue weighted by atomic mass is 35.5. The van der Waals surface area contributed by atoms with Crippen LogP contribution >= 0.6 is 12.4 Å². The van der Waals surface area contributed by atoms with E-state index in [-0.39, 0.29) is 18.3 Å². The monoisotopic (exact) mass is 424 g/mol. The minimum Gasteiger partial charge on any atom is -0.496 e. The first kappa shape index (κ1) is 23.5. The number of para-hydroxylation sites is 1. The van der Waals surface area contributed by atoms with Crippen LogP contribution in [0.15, 0.2) is 72.8 Å². The third-order valence-corrected chi connectivity index (χ3v) is 5.29. The molecule has 3 rings (SSSR count). The molecule has 0 aliphatic rings. The lowest BCUT2D eigenvalue weighted by Gasteiger charge is -2.27. The first-order chi connectivity index (χ1) is 14.0.